The van der Waals surface area contributed by atoms with Gasteiger partial charge in [0.05, 0.1) is 6.10 Å². The molecule has 0 bridgehead atoms. The van der Waals surface area contributed by atoms with Gasteiger partial charge in [0.15, 0.2) is 0 Å². The van der Waals surface area contributed by atoms with Crippen LogP contribution < -0.4 is 0 Å². The van der Waals surface area contributed by atoms with Crippen molar-refractivity contribution in [3.8, 4) is 0 Å². The van der Waals surface area contributed by atoms with Crippen molar-refractivity contribution >= 4 is 0 Å². The Morgan fingerprint density at radius 3 is 2.55 bits per heavy atom. The summed E-state index contributed by atoms with van der Waals surface area (Å²) in [5, 5.41) is 0. The topological polar surface area (TPSA) is 9.23 Å². The minimum atomic E-state index is 0.142. The summed E-state index contributed by atoms with van der Waals surface area (Å²) in [5.74, 6) is 0. The first-order chi connectivity index (χ1) is 5.25. The van der Waals surface area contributed by atoms with E-state index in [2.05, 4.69) is 6.92 Å². The zero-order chi connectivity index (χ0) is 8.27. The van der Waals surface area contributed by atoms with Crippen LogP contribution in [0.4, 0.5) is 0 Å². The van der Waals surface area contributed by atoms with E-state index in [-0.39, 0.29) is 6.10 Å². The van der Waals surface area contributed by atoms with E-state index in [1.807, 2.05) is 31.2 Å². The van der Waals surface area contributed by atoms with Crippen molar-refractivity contribution in [2.24, 2.45) is 0 Å². The highest BCUT2D eigenvalue weighted by molar-refractivity contribution is 5.30. The van der Waals surface area contributed by atoms with Crippen molar-refractivity contribution in [3.05, 3.63) is 42.3 Å². The Morgan fingerprint density at radius 1 is 1.36 bits per heavy atom. The van der Waals surface area contributed by atoms with E-state index in [1.54, 1.807) is 7.11 Å². The summed E-state index contributed by atoms with van der Waals surface area (Å²) < 4.78 is 5.18. The second kappa shape index (κ2) is 3.54. The average Bonchev–Trinajstić information content (AvgIpc) is 2.04. The standard InChI is InChI=1S/C10H13O/c1-8-6-4-5-7-10(8)9(2)11-3/h4-7,9H,1H2,2-3H3. The molecule has 0 aromatic heterocycles. The van der Waals surface area contributed by atoms with Crippen LogP contribution in [0.25, 0.3) is 0 Å². The zero-order valence-corrected chi connectivity index (χ0v) is 7.00. The van der Waals surface area contributed by atoms with Gasteiger partial charge in [0, 0.05) is 7.11 Å². The maximum Gasteiger partial charge on any atom is 0.0795 e. The fourth-order valence-electron chi connectivity index (χ4n) is 1.06. The van der Waals surface area contributed by atoms with E-state index in [0.717, 1.165) is 11.1 Å². The Kier molecular flexibility index (Phi) is 2.66. The van der Waals surface area contributed by atoms with Gasteiger partial charge in [-0.1, -0.05) is 24.3 Å². The summed E-state index contributed by atoms with van der Waals surface area (Å²) >= 11 is 0. The largest absolute Gasteiger partial charge is 0.377 e. The Bertz CT molecular complexity index is 230. The van der Waals surface area contributed by atoms with Crippen molar-refractivity contribution in [1.29, 1.82) is 0 Å². The van der Waals surface area contributed by atoms with Crippen LogP contribution in [0.15, 0.2) is 24.3 Å². The number of hydrogen-bond donors (Lipinski definition) is 0. The number of benzene rings is 1. The third kappa shape index (κ3) is 1.81. The van der Waals surface area contributed by atoms with Gasteiger partial charge in [-0.25, -0.2) is 0 Å². The minimum absolute atomic E-state index is 0.142. The van der Waals surface area contributed by atoms with Gasteiger partial charge in [-0.05, 0) is 25.0 Å². The summed E-state index contributed by atoms with van der Waals surface area (Å²) in [7, 11) is 1.71. The monoisotopic (exact) mass is 149 g/mol. The highest BCUT2D eigenvalue weighted by atomic mass is 16.5. The van der Waals surface area contributed by atoms with E-state index in [9.17, 15) is 0 Å². The SMILES string of the molecule is [CH2]c1ccccc1C(C)OC. The lowest BCUT2D eigenvalue weighted by molar-refractivity contribution is 0.119. The molecule has 0 saturated carbocycles. The second-order valence-electron chi connectivity index (χ2n) is 2.58. The van der Waals surface area contributed by atoms with Crippen LogP contribution in [0.2, 0.25) is 0 Å². The Morgan fingerprint density at radius 2 is 2.00 bits per heavy atom. The molecule has 1 rings (SSSR count). The van der Waals surface area contributed by atoms with E-state index in [1.165, 1.54) is 0 Å². The lowest BCUT2D eigenvalue weighted by Gasteiger charge is -2.11. The molecule has 1 unspecified atom stereocenters. The molecule has 11 heavy (non-hydrogen) atoms. The van der Waals surface area contributed by atoms with Gasteiger partial charge >= 0.3 is 0 Å². The average molecular weight is 149 g/mol. The predicted molar refractivity (Wildman–Crippen MR) is 46.3 cm³/mol. The van der Waals surface area contributed by atoms with Gasteiger partial charge < -0.3 is 4.74 Å². The smallest absolute Gasteiger partial charge is 0.0795 e. The molecule has 0 aliphatic rings. The van der Waals surface area contributed by atoms with E-state index >= 15 is 0 Å². The van der Waals surface area contributed by atoms with Crippen molar-refractivity contribution in [1.82, 2.24) is 0 Å². The molecule has 59 valence electrons. The molecule has 0 aliphatic heterocycles. The maximum atomic E-state index is 5.18. The van der Waals surface area contributed by atoms with Crippen LogP contribution in [0.5, 0.6) is 0 Å². The first-order valence-corrected chi connectivity index (χ1v) is 3.69. The number of rotatable bonds is 2. The number of hydrogen-bond acceptors (Lipinski definition) is 1. The number of ether oxygens (including phenoxy) is 1. The molecular formula is C10H13O. The van der Waals surface area contributed by atoms with Gasteiger partial charge in [-0.2, -0.15) is 0 Å². The molecule has 1 aromatic rings. The molecule has 0 saturated heterocycles. The zero-order valence-electron chi connectivity index (χ0n) is 7.00. The first kappa shape index (κ1) is 8.28. The van der Waals surface area contributed by atoms with E-state index < -0.39 is 0 Å². The third-order valence-electron chi connectivity index (χ3n) is 1.85. The molecule has 0 fully saturated rings. The quantitative estimate of drug-likeness (QED) is 0.628. The van der Waals surface area contributed by atoms with Crippen LogP contribution in [0.1, 0.15) is 24.2 Å². The number of methoxy groups -OCH3 is 1. The van der Waals surface area contributed by atoms with Crippen LogP contribution in [0.3, 0.4) is 0 Å². The third-order valence-corrected chi connectivity index (χ3v) is 1.85. The van der Waals surface area contributed by atoms with Crippen molar-refractivity contribution < 1.29 is 4.74 Å². The fraction of sp³-hybridized carbons (Fsp3) is 0.300. The summed E-state index contributed by atoms with van der Waals surface area (Å²) in [6.07, 6.45) is 0.142. The summed E-state index contributed by atoms with van der Waals surface area (Å²) in [6.45, 7) is 5.93. The lowest BCUT2D eigenvalue weighted by atomic mass is 10.1. The molecule has 0 N–H and O–H groups in total. The van der Waals surface area contributed by atoms with E-state index in [0.29, 0.717) is 0 Å². The molecule has 0 aliphatic carbocycles. The normalized spacial score (nSPS) is 13.0. The van der Waals surface area contributed by atoms with Crippen LogP contribution >= 0.6 is 0 Å². The maximum absolute atomic E-state index is 5.18. The molecule has 0 heterocycles. The molecule has 1 atom stereocenters. The van der Waals surface area contributed by atoms with Crippen LogP contribution in [0, 0.1) is 6.92 Å². The summed E-state index contributed by atoms with van der Waals surface area (Å²) in [4.78, 5) is 0. The molecule has 1 radical (unpaired) electrons. The molecule has 0 spiro atoms. The first-order valence-electron chi connectivity index (χ1n) is 3.69. The highest BCUT2D eigenvalue weighted by Gasteiger charge is 2.04. The van der Waals surface area contributed by atoms with Gasteiger partial charge in [0.25, 0.3) is 0 Å². The molecule has 0 amide bonds. The van der Waals surface area contributed by atoms with Crippen molar-refractivity contribution in [2.75, 3.05) is 7.11 Å². The predicted octanol–water partition coefficient (Wildman–Crippen LogP) is 2.58. The Hall–Kier alpha value is -0.820. The van der Waals surface area contributed by atoms with E-state index in [4.69, 9.17) is 4.74 Å². The summed E-state index contributed by atoms with van der Waals surface area (Å²) in [6, 6.07) is 8.01. The molecule has 1 heteroatoms. The molecule has 1 nitrogen and oxygen atoms in total. The second-order valence-corrected chi connectivity index (χ2v) is 2.58. The van der Waals surface area contributed by atoms with Crippen LogP contribution in [-0.4, -0.2) is 7.11 Å². The molecular weight excluding hydrogens is 136 g/mol. The van der Waals surface area contributed by atoms with Gasteiger partial charge in [0.2, 0.25) is 0 Å². The highest BCUT2D eigenvalue weighted by Crippen LogP contribution is 2.18. The fourth-order valence-corrected chi connectivity index (χ4v) is 1.06. The van der Waals surface area contributed by atoms with Crippen molar-refractivity contribution in [2.45, 2.75) is 13.0 Å². The lowest BCUT2D eigenvalue weighted by Crippen LogP contribution is -1.97. The van der Waals surface area contributed by atoms with Gasteiger partial charge in [-0.15, -0.1) is 0 Å². The van der Waals surface area contributed by atoms with Gasteiger partial charge in [-0.3, -0.25) is 0 Å². The minimum Gasteiger partial charge on any atom is -0.377 e. The Balaban J connectivity index is 2.93. The summed E-state index contributed by atoms with van der Waals surface area (Å²) in [5.41, 5.74) is 2.21. The van der Waals surface area contributed by atoms with Gasteiger partial charge in [0.1, 0.15) is 0 Å². The van der Waals surface area contributed by atoms with Crippen LogP contribution in [-0.2, 0) is 4.74 Å². The Labute approximate surface area is 68.0 Å². The molecule has 1 aromatic carbocycles. The van der Waals surface area contributed by atoms with Crippen molar-refractivity contribution in [3.63, 3.8) is 0 Å².